The molecule has 0 N–H and O–H groups in total. The number of hydrogen-bond donors (Lipinski definition) is 0. The zero-order valence-corrected chi connectivity index (χ0v) is 14.4. The molecule has 0 aromatic heterocycles. The average molecular weight is 382 g/mol. The van der Waals surface area contributed by atoms with Crippen LogP contribution in [0.25, 0.3) is 5.57 Å². The molecule has 122 valence electrons. The topological polar surface area (TPSA) is 72.9 Å². The summed E-state index contributed by atoms with van der Waals surface area (Å²) in [5, 5.41) is 0. The smallest absolute Gasteiger partial charge is 0.331 e. The van der Waals surface area contributed by atoms with Gasteiger partial charge in [-0.2, -0.15) is 0 Å². The number of benzene rings is 1. The van der Waals surface area contributed by atoms with E-state index in [0.29, 0.717) is 11.3 Å². The van der Waals surface area contributed by atoms with Crippen molar-refractivity contribution in [3.05, 3.63) is 34.3 Å². The van der Waals surface area contributed by atoms with Crippen LogP contribution in [0.3, 0.4) is 0 Å². The number of esters is 2. The van der Waals surface area contributed by atoms with Crippen molar-refractivity contribution >= 4 is 45.0 Å². The van der Waals surface area contributed by atoms with Crippen LogP contribution in [0.2, 0.25) is 0 Å². The predicted molar refractivity (Wildman–Crippen MR) is 87.7 cm³/mol. The van der Waals surface area contributed by atoms with Gasteiger partial charge in [-0.05, 0) is 32.0 Å². The Labute approximate surface area is 142 Å². The summed E-state index contributed by atoms with van der Waals surface area (Å²) in [6.45, 7) is 3.63. The van der Waals surface area contributed by atoms with E-state index < -0.39 is 17.8 Å². The number of halogens is 1. The van der Waals surface area contributed by atoms with E-state index in [0.717, 1.165) is 10.5 Å². The summed E-state index contributed by atoms with van der Waals surface area (Å²) in [6, 6.07) is 5.20. The fraction of sp³-hybridized carbons (Fsp3) is 0.312. The third kappa shape index (κ3) is 3.79. The van der Waals surface area contributed by atoms with Gasteiger partial charge in [0.1, 0.15) is 6.54 Å². The van der Waals surface area contributed by atoms with E-state index in [1.54, 1.807) is 32.0 Å². The molecule has 0 atom stereocenters. The van der Waals surface area contributed by atoms with Crippen LogP contribution in [0, 0.1) is 0 Å². The van der Waals surface area contributed by atoms with Crippen molar-refractivity contribution in [1.82, 2.24) is 0 Å². The normalized spacial score (nSPS) is 14.8. The molecule has 0 radical (unpaired) electrons. The molecular weight excluding hydrogens is 366 g/mol. The maximum Gasteiger partial charge on any atom is 0.331 e. The quantitative estimate of drug-likeness (QED) is 0.577. The largest absolute Gasteiger partial charge is 0.465 e. The van der Waals surface area contributed by atoms with Crippen LogP contribution in [-0.2, 0) is 23.9 Å². The second-order valence-electron chi connectivity index (χ2n) is 4.67. The molecule has 0 spiro atoms. The SMILES string of the molecule is CCOC(=O)/C=C1/C(=O)N(CC(=O)OCC)c2ccc(Br)cc21. The first-order valence-corrected chi connectivity index (χ1v) is 7.93. The summed E-state index contributed by atoms with van der Waals surface area (Å²) >= 11 is 3.34. The number of hydrogen-bond acceptors (Lipinski definition) is 5. The molecule has 0 bridgehead atoms. The van der Waals surface area contributed by atoms with E-state index in [1.807, 2.05) is 0 Å². The van der Waals surface area contributed by atoms with Crippen LogP contribution in [0.1, 0.15) is 19.4 Å². The monoisotopic (exact) mass is 381 g/mol. The molecule has 0 aliphatic carbocycles. The molecule has 6 nitrogen and oxygen atoms in total. The fourth-order valence-corrected chi connectivity index (χ4v) is 2.62. The first kappa shape index (κ1) is 17.2. The fourth-order valence-electron chi connectivity index (χ4n) is 2.26. The van der Waals surface area contributed by atoms with Crippen molar-refractivity contribution in [2.45, 2.75) is 13.8 Å². The molecule has 1 aromatic carbocycles. The standard InChI is InChI=1S/C16H16BrNO5/c1-3-22-14(19)8-12-11-7-10(17)5-6-13(11)18(16(12)21)9-15(20)23-4-2/h5-8H,3-4,9H2,1-2H3/b12-8+. The van der Waals surface area contributed by atoms with Crippen LogP contribution in [0.15, 0.2) is 28.7 Å². The Morgan fingerprint density at radius 3 is 2.57 bits per heavy atom. The van der Waals surface area contributed by atoms with Crippen molar-refractivity contribution in [2.24, 2.45) is 0 Å². The Bertz CT molecular complexity index is 683. The van der Waals surface area contributed by atoms with Crippen LogP contribution < -0.4 is 4.90 Å². The lowest BCUT2D eigenvalue weighted by molar-refractivity contribution is -0.142. The summed E-state index contributed by atoms with van der Waals surface area (Å²) in [5.74, 6) is -1.54. The van der Waals surface area contributed by atoms with Gasteiger partial charge >= 0.3 is 11.9 Å². The number of ether oxygens (including phenoxy) is 2. The van der Waals surface area contributed by atoms with Crippen molar-refractivity contribution in [3.8, 4) is 0 Å². The van der Waals surface area contributed by atoms with Crippen molar-refractivity contribution < 1.29 is 23.9 Å². The number of rotatable bonds is 5. The number of anilines is 1. The van der Waals surface area contributed by atoms with Gasteiger partial charge in [0.05, 0.1) is 24.5 Å². The van der Waals surface area contributed by atoms with Crippen LogP contribution >= 0.6 is 15.9 Å². The van der Waals surface area contributed by atoms with Crippen molar-refractivity contribution in [2.75, 3.05) is 24.7 Å². The molecule has 0 unspecified atom stereocenters. The molecule has 1 aliphatic heterocycles. The van der Waals surface area contributed by atoms with Gasteiger partial charge in [0.15, 0.2) is 0 Å². The van der Waals surface area contributed by atoms with Crippen molar-refractivity contribution in [3.63, 3.8) is 0 Å². The highest BCUT2D eigenvalue weighted by molar-refractivity contribution is 9.10. The number of carbonyl (C=O) groups is 3. The molecule has 2 rings (SSSR count). The van der Waals surface area contributed by atoms with Gasteiger partial charge < -0.3 is 9.47 Å². The molecule has 0 saturated carbocycles. The summed E-state index contributed by atoms with van der Waals surface area (Å²) in [6.07, 6.45) is 1.16. The molecule has 1 aromatic rings. The Hall–Kier alpha value is -2.15. The lowest BCUT2D eigenvalue weighted by Gasteiger charge is -2.15. The summed E-state index contributed by atoms with van der Waals surface area (Å²) in [4.78, 5) is 37.3. The molecule has 0 fully saturated rings. The van der Waals surface area contributed by atoms with Crippen molar-refractivity contribution in [1.29, 1.82) is 0 Å². The Morgan fingerprint density at radius 1 is 1.22 bits per heavy atom. The number of nitrogens with zero attached hydrogens (tertiary/aromatic N) is 1. The number of fused-ring (bicyclic) bond motifs is 1. The summed E-state index contributed by atoms with van der Waals surface area (Å²) < 4.78 is 10.5. The minimum Gasteiger partial charge on any atom is -0.465 e. The third-order valence-corrected chi connectivity index (χ3v) is 3.65. The third-order valence-electron chi connectivity index (χ3n) is 3.16. The Balaban J connectivity index is 2.40. The summed E-state index contributed by atoms with van der Waals surface area (Å²) in [5.41, 5.74) is 1.33. The highest BCUT2D eigenvalue weighted by Gasteiger charge is 2.34. The second kappa shape index (κ2) is 7.41. The predicted octanol–water partition coefficient (Wildman–Crippen LogP) is 2.31. The van der Waals surface area contributed by atoms with E-state index in [9.17, 15) is 14.4 Å². The first-order valence-electron chi connectivity index (χ1n) is 7.13. The van der Waals surface area contributed by atoms with Gasteiger partial charge in [-0.1, -0.05) is 15.9 Å². The minimum atomic E-state index is -0.597. The highest BCUT2D eigenvalue weighted by atomic mass is 79.9. The average Bonchev–Trinajstić information content (AvgIpc) is 2.73. The maximum atomic E-state index is 12.6. The molecule has 23 heavy (non-hydrogen) atoms. The van der Waals surface area contributed by atoms with E-state index >= 15 is 0 Å². The number of amides is 1. The first-order chi connectivity index (χ1) is 11.0. The van der Waals surface area contributed by atoms with Gasteiger partial charge in [0, 0.05) is 16.1 Å². The molecule has 0 saturated heterocycles. The lowest BCUT2D eigenvalue weighted by Crippen LogP contribution is -2.33. The minimum absolute atomic E-state index is 0.198. The Kier molecular flexibility index (Phi) is 5.54. The van der Waals surface area contributed by atoms with Gasteiger partial charge in [0.2, 0.25) is 0 Å². The molecule has 1 aliphatic rings. The van der Waals surface area contributed by atoms with Gasteiger partial charge in [-0.15, -0.1) is 0 Å². The van der Waals surface area contributed by atoms with Crippen LogP contribution in [0.5, 0.6) is 0 Å². The highest BCUT2D eigenvalue weighted by Crippen LogP contribution is 2.38. The van der Waals surface area contributed by atoms with E-state index in [-0.39, 0.29) is 25.3 Å². The zero-order chi connectivity index (χ0) is 17.0. The van der Waals surface area contributed by atoms with Gasteiger partial charge in [-0.25, -0.2) is 4.79 Å². The second-order valence-corrected chi connectivity index (χ2v) is 5.58. The number of carbonyl (C=O) groups excluding carboxylic acids is 3. The van der Waals surface area contributed by atoms with Gasteiger partial charge in [0.25, 0.3) is 5.91 Å². The Morgan fingerprint density at radius 2 is 1.91 bits per heavy atom. The molecule has 1 amide bonds. The van der Waals surface area contributed by atoms with E-state index in [1.165, 1.54) is 4.90 Å². The van der Waals surface area contributed by atoms with Gasteiger partial charge in [-0.3, -0.25) is 14.5 Å². The molecular formula is C16H16BrNO5. The lowest BCUT2D eigenvalue weighted by atomic mass is 10.1. The molecule has 1 heterocycles. The van der Waals surface area contributed by atoms with E-state index in [2.05, 4.69) is 15.9 Å². The summed E-state index contributed by atoms with van der Waals surface area (Å²) in [7, 11) is 0. The maximum absolute atomic E-state index is 12.6. The zero-order valence-electron chi connectivity index (χ0n) is 12.8. The van der Waals surface area contributed by atoms with E-state index in [4.69, 9.17) is 9.47 Å². The van der Waals surface area contributed by atoms with Crippen LogP contribution in [0.4, 0.5) is 5.69 Å². The van der Waals surface area contributed by atoms with Crippen LogP contribution in [-0.4, -0.2) is 37.6 Å². The molecule has 7 heteroatoms.